The van der Waals surface area contributed by atoms with Gasteiger partial charge in [-0.3, -0.25) is 0 Å². The minimum atomic E-state index is 0.225. The maximum Gasteiger partial charge on any atom is 0.135 e. The lowest BCUT2D eigenvalue weighted by Crippen LogP contribution is -1.69. The van der Waals surface area contributed by atoms with Crippen LogP contribution in [-0.4, -0.2) is 0 Å². The predicted molar refractivity (Wildman–Crippen MR) is 54.1 cm³/mol. The lowest BCUT2D eigenvalue weighted by molar-refractivity contribution is 0.552. The summed E-state index contributed by atoms with van der Waals surface area (Å²) in [5.41, 5.74) is 8.85. The van der Waals surface area contributed by atoms with Crippen LogP contribution < -0.4 is 0 Å². The third-order valence-corrected chi connectivity index (χ3v) is 2.06. The van der Waals surface area contributed by atoms with E-state index in [0.717, 1.165) is 5.39 Å². The van der Waals surface area contributed by atoms with Crippen LogP contribution in [0.2, 0.25) is 5.02 Å². The molecule has 1 heterocycles. The quantitative estimate of drug-likeness (QED) is 0.419. The van der Waals surface area contributed by atoms with Gasteiger partial charge < -0.3 is 4.42 Å². The Hall–Kier alpha value is -1.64. The highest BCUT2D eigenvalue weighted by Crippen LogP contribution is 2.23. The number of hydrogen-bond donors (Lipinski definition) is 0. The molecule has 5 heteroatoms. The maximum atomic E-state index is 8.14. The number of halogens is 1. The second kappa shape index (κ2) is 3.62. The summed E-state index contributed by atoms with van der Waals surface area (Å²) >= 11 is 5.79. The first kappa shape index (κ1) is 8.94. The molecule has 0 bridgehead atoms. The third kappa shape index (κ3) is 1.66. The first-order valence-corrected chi connectivity index (χ1v) is 4.36. The minimum absolute atomic E-state index is 0.225. The van der Waals surface area contributed by atoms with Gasteiger partial charge in [0, 0.05) is 15.3 Å². The second-order valence-electron chi connectivity index (χ2n) is 2.78. The Labute approximate surface area is 84.7 Å². The van der Waals surface area contributed by atoms with E-state index in [2.05, 4.69) is 10.0 Å². The molecule has 0 saturated carbocycles. The Kier molecular flexibility index (Phi) is 2.31. The van der Waals surface area contributed by atoms with Crippen molar-refractivity contribution in [1.82, 2.24) is 0 Å². The van der Waals surface area contributed by atoms with Gasteiger partial charge in [0.15, 0.2) is 0 Å². The molecule has 0 radical (unpaired) electrons. The van der Waals surface area contributed by atoms with Gasteiger partial charge in [0.05, 0.1) is 6.54 Å². The topological polar surface area (TPSA) is 61.9 Å². The van der Waals surface area contributed by atoms with E-state index in [1.807, 2.05) is 12.1 Å². The molecule has 0 atom stereocenters. The molecule has 2 aromatic rings. The molecule has 0 saturated heterocycles. The van der Waals surface area contributed by atoms with Crippen LogP contribution in [0, 0.1) is 0 Å². The summed E-state index contributed by atoms with van der Waals surface area (Å²) in [4.78, 5) is 2.66. The van der Waals surface area contributed by atoms with Crippen molar-refractivity contribution in [2.75, 3.05) is 0 Å². The molecule has 0 unspecified atom stereocenters. The summed E-state index contributed by atoms with van der Waals surface area (Å²) in [5.74, 6) is 0.639. The zero-order chi connectivity index (χ0) is 9.97. The van der Waals surface area contributed by atoms with E-state index in [9.17, 15) is 0 Å². The van der Waals surface area contributed by atoms with E-state index in [4.69, 9.17) is 21.5 Å². The summed E-state index contributed by atoms with van der Waals surface area (Å²) in [7, 11) is 0. The van der Waals surface area contributed by atoms with Crippen molar-refractivity contribution in [1.29, 1.82) is 0 Å². The number of fused-ring (bicyclic) bond motifs is 1. The van der Waals surface area contributed by atoms with E-state index in [1.165, 1.54) is 0 Å². The number of hydrogen-bond acceptors (Lipinski definition) is 2. The van der Waals surface area contributed by atoms with Crippen LogP contribution in [0.1, 0.15) is 5.76 Å². The molecule has 0 aliphatic carbocycles. The van der Waals surface area contributed by atoms with Crippen LogP contribution in [0.15, 0.2) is 33.8 Å². The van der Waals surface area contributed by atoms with Crippen molar-refractivity contribution in [3.63, 3.8) is 0 Å². The molecule has 1 aromatic heterocycles. The van der Waals surface area contributed by atoms with E-state index < -0.39 is 0 Å². The number of azide groups is 1. The van der Waals surface area contributed by atoms with Gasteiger partial charge >= 0.3 is 0 Å². The smallest absolute Gasteiger partial charge is 0.135 e. The van der Waals surface area contributed by atoms with Gasteiger partial charge in [-0.1, -0.05) is 16.7 Å². The first-order valence-electron chi connectivity index (χ1n) is 3.98. The van der Waals surface area contributed by atoms with Crippen molar-refractivity contribution in [3.8, 4) is 0 Å². The first-order chi connectivity index (χ1) is 6.79. The summed E-state index contributed by atoms with van der Waals surface area (Å²) in [6, 6.07) is 7.22. The second-order valence-corrected chi connectivity index (χ2v) is 3.22. The Morgan fingerprint density at radius 3 is 3.07 bits per heavy atom. The highest BCUT2D eigenvalue weighted by Gasteiger charge is 2.02. The largest absolute Gasteiger partial charge is 0.461 e. The molecule has 0 aliphatic heterocycles. The van der Waals surface area contributed by atoms with E-state index in [1.54, 1.807) is 12.1 Å². The van der Waals surface area contributed by atoms with Crippen molar-refractivity contribution in [3.05, 3.63) is 45.5 Å². The highest BCUT2D eigenvalue weighted by molar-refractivity contribution is 6.31. The average molecular weight is 208 g/mol. The molecule has 0 amide bonds. The molecule has 0 fully saturated rings. The average Bonchev–Trinajstić information content (AvgIpc) is 2.56. The number of rotatable bonds is 2. The lowest BCUT2D eigenvalue weighted by atomic mass is 10.2. The molecule has 14 heavy (non-hydrogen) atoms. The van der Waals surface area contributed by atoms with Gasteiger partial charge in [-0.25, -0.2) is 0 Å². The van der Waals surface area contributed by atoms with Gasteiger partial charge in [0.1, 0.15) is 11.3 Å². The zero-order valence-corrected chi connectivity index (χ0v) is 7.90. The van der Waals surface area contributed by atoms with E-state index in [0.29, 0.717) is 16.4 Å². The van der Waals surface area contributed by atoms with Crippen molar-refractivity contribution in [2.24, 2.45) is 5.11 Å². The van der Waals surface area contributed by atoms with Crippen molar-refractivity contribution < 1.29 is 4.42 Å². The number of nitrogens with zero attached hydrogens (tertiary/aromatic N) is 3. The van der Waals surface area contributed by atoms with Gasteiger partial charge in [-0.15, -0.1) is 0 Å². The molecular weight excluding hydrogens is 202 g/mol. The molecule has 1 aromatic carbocycles. The fourth-order valence-electron chi connectivity index (χ4n) is 1.24. The van der Waals surface area contributed by atoms with Crippen LogP contribution in [-0.2, 0) is 6.54 Å². The van der Waals surface area contributed by atoms with Gasteiger partial charge in [-0.2, -0.15) is 0 Å². The molecular formula is C9H6ClN3O. The Morgan fingerprint density at radius 1 is 1.43 bits per heavy atom. The highest BCUT2D eigenvalue weighted by atomic mass is 35.5. The summed E-state index contributed by atoms with van der Waals surface area (Å²) < 4.78 is 5.40. The Balaban J connectivity index is 2.45. The van der Waals surface area contributed by atoms with Gasteiger partial charge in [0.2, 0.25) is 0 Å². The standard InChI is InChI=1S/C9H6ClN3O/c10-7-2-1-6-3-8(5-12-13-11)14-9(6)4-7/h1-4H,5H2. The predicted octanol–water partition coefficient (Wildman–Crippen LogP) is 3.90. The fourth-order valence-corrected chi connectivity index (χ4v) is 1.40. The monoisotopic (exact) mass is 207 g/mol. The van der Waals surface area contributed by atoms with Crippen LogP contribution >= 0.6 is 11.6 Å². The van der Waals surface area contributed by atoms with Crippen LogP contribution in [0.4, 0.5) is 0 Å². The Bertz CT molecular complexity index is 514. The molecule has 4 nitrogen and oxygen atoms in total. The SMILES string of the molecule is [N-]=[N+]=NCc1cc2ccc(Cl)cc2o1. The molecule has 70 valence electrons. The Morgan fingerprint density at radius 2 is 2.29 bits per heavy atom. The van der Waals surface area contributed by atoms with E-state index >= 15 is 0 Å². The summed E-state index contributed by atoms with van der Waals surface area (Å²) in [6.45, 7) is 0.225. The summed E-state index contributed by atoms with van der Waals surface area (Å²) in [6.07, 6.45) is 0. The lowest BCUT2D eigenvalue weighted by Gasteiger charge is -1.88. The van der Waals surface area contributed by atoms with Crippen molar-refractivity contribution >= 4 is 22.6 Å². The van der Waals surface area contributed by atoms with Crippen molar-refractivity contribution in [2.45, 2.75) is 6.54 Å². The number of furan rings is 1. The van der Waals surface area contributed by atoms with Crippen LogP contribution in [0.5, 0.6) is 0 Å². The minimum Gasteiger partial charge on any atom is -0.461 e. The van der Waals surface area contributed by atoms with Crippen LogP contribution in [0.3, 0.4) is 0 Å². The molecule has 0 aliphatic rings. The maximum absolute atomic E-state index is 8.14. The van der Waals surface area contributed by atoms with Gasteiger partial charge in [-0.05, 0) is 29.8 Å². The fraction of sp³-hybridized carbons (Fsp3) is 0.111. The third-order valence-electron chi connectivity index (χ3n) is 1.82. The van der Waals surface area contributed by atoms with Gasteiger partial charge in [0.25, 0.3) is 0 Å². The molecule has 0 spiro atoms. The van der Waals surface area contributed by atoms with Crippen LogP contribution in [0.25, 0.3) is 21.4 Å². The molecule has 2 rings (SSSR count). The number of benzene rings is 1. The summed E-state index contributed by atoms with van der Waals surface area (Å²) in [5, 5.41) is 5.00. The zero-order valence-electron chi connectivity index (χ0n) is 7.14. The molecule has 0 N–H and O–H groups in total. The van der Waals surface area contributed by atoms with E-state index in [-0.39, 0.29) is 6.54 Å². The normalized spacial score (nSPS) is 10.1.